The number of likely N-dealkylation sites (N-methyl/N-ethyl adjacent to an activating group) is 1. The highest BCUT2D eigenvalue weighted by molar-refractivity contribution is 6.35. The van der Waals surface area contributed by atoms with E-state index >= 15 is 0 Å². The lowest BCUT2D eigenvalue weighted by Crippen LogP contribution is -2.37. The van der Waals surface area contributed by atoms with Crippen molar-refractivity contribution in [1.29, 1.82) is 0 Å². The second-order valence-electron chi connectivity index (χ2n) is 3.90. The first-order valence-electron chi connectivity index (χ1n) is 5.76. The molecule has 0 N–H and O–H groups in total. The molecule has 1 aromatic rings. The van der Waals surface area contributed by atoms with E-state index in [1.807, 2.05) is 0 Å². The van der Waals surface area contributed by atoms with Crippen LogP contribution in [0.2, 0.25) is 10.0 Å². The number of hydrogen-bond acceptors (Lipinski definition) is 3. The third-order valence-corrected chi connectivity index (χ3v) is 3.23. The quantitative estimate of drug-likeness (QED) is 0.785. The van der Waals surface area contributed by atoms with Crippen molar-refractivity contribution in [3.8, 4) is 0 Å². The molecule has 0 unspecified atom stereocenters. The van der Waals surface area contributed by atoms with Crippen molar-refractivity contribution in [2.75, 3.05) is 20.2 Å². The number of nitrogens with zero attached hydrogens (tertiary/aromatic N) is 1. The van der Waals surface area contributed by atoms with Crippen molar-refractivity contribution >= 4 is 35.1 Å². The molecular weight excluding hydrogens is 289 g/mol. The number of methoxy groups -OCH3 is 1. The Hall–Kier alpha value is -1.26. The molecular formula is C13H15Cl2NO3. The Morgan fingerprint density at radius 2 is 2.00 bits per heavy atom. The van der Waals surface area contributed by atoms with E-state index in [-0.39, 0.29) is 18.9 Å². The Balaban J connectivity index is 2.74. The fraction of sp³-hybridized carbons (Fsp3) is 0.385. The van der Waals surface area contributed by atoms with Crippen LogP contribution in [-0.2, 0) is 20.7 Å². The van der Waals surface area contributed by atoms with Crippen LogP contribution in [0.3, 0.4) is 0 Å². The number of benzene rings is 1. The van der Waals surface area contributed by atoms with Gasteiger partial charge in [-0.2, -0.15) is 0 Å². The Labute approximate surface area is 122 Å². The number of hydrogen-bond donors (Lipinski definition) is 0. The van der Waals surface area contributed by atoms with Crippen molar-refractivity contribution in [1.82, 2.24) is 4.90 Å². The van der Waals surface area contributed by atoms with Crippen molar-refractivity contribution in [2.24, 2.45) is 0 Å². The SMILES string of the molecule is CCN(CC(=O)OC)C(=O)Cc1ccc(Cl)cc1Cl. The molecule has 6 heteroatoms. The Kier molecular flexibility index (Phi) is 6.12. The minimum atomic E-state index is -0.447. The zero-order chi connectivity index (χ0) is 14.4. The fourth-order valence-corrected chi connectivity index (χ4v) is 2.01. The Bertz CT molecular complexity index is 477. The number of amides is 1. The second kappa shape index (κ2) is 7.36. The Morgan fingerprint density at radius 1 is 1.32 bits per heavy atom. The summed E-state index contributed by atoms with van der Waals surface area (Å²) < 4.78 is 4.55. The number of carbonyl (C=O) groups is 2. The standard InChI is InChI=1S/C13H15Cl2NO3/c1-3-16(8-13(18)19-2)12(17)6-9-4-5-10(14)7-11(9)15/h4-5,7H,3,6,8H2,1-2H3. The molecule has 0 aliphatic carbocycles. The zero-order valence-electron chi connectivity index (χ0n) is 10.8. The van der Waals surface area contributed by atoms with E-state index in [9.17, 15) is 9.59 Å². The minimum absolute atomic E-state index is 0.0585. The molecule has 19 heavy (non-hydrogen) atoms. The molecule has 0 radical (unpaired) electrons. The van der Waals surface area contributed by atoms with Gasteiger partial charge in [0.2, 0.25) is 5.91 Å². The third kappa shape index (κ3) is 4.73. The van der Waals surface area contributed by atoms with E-state index in [0.29, 0.717) is 22.2 Å². The largest absolute Gasteiger partial charge is 0.468 e. The third-order valence-electron chi connectivity index (χ3n) is 2.64. The topological polar surface area (TPSA) is 46.6 Å². The van der Waals surface area contributed by atoms with Crippen LogP contribution in [0.1, 0.15) is 12.5 Å². The maximum absolute atomic E-state index is 12.1. The summed E-state index contributed by atoms with van der Waals surface area (Å²) in [7, 11) is 1.29. The molecule has 0 atom stereocenters. The first-order valence-corrected chi connectivity index (χ1v) is 6.52. The van der Waals surface area contributed by atoms with Gasteiger partial charge in [-0.3, -0.25) is 9.59 Å². The van der Waals surface area contributed by atoms with Crippen molar-refractivity contribution in [3.63, 3.8) is 0 Å². The molecule has 0 aliphatic rings. The van der Waals surface area contributed by atoms with Gasteiger partial charge in [-0.25, -0.2) is 0 Å². The summed E-state index contributed by atoms with van der Waals surface area (Å²) in [6.45, 7) is 2.17. The highest BCUT2D eigenvalue weighted by atomic mass is 35.5. The Morgan fingerprint density at radius 3 is 2.53 bits per heavy atom. The lowest BCUT2D eigenvalue weighted by atomic mass is 10.1. The maximum Gasteiger partial charge on any atom is 0.325 e. The van der Waals surface area contributed by atoms with Gasteiger partial charge in [0.1, 0.15) is 6.54 Å². The van der Waals surface area contributed by atoms with Gasteiger partial charge in [-0.1, -0.05) is 29.3 Å². The summed E-state index contributed by atoms with van der Waals surface area (Å²) in [6.07, 6.45) is 0.126. The van der Waals surface area contributed by atoms with Gasteiger partial charge in [-0.15, -0.1) is 0 Å². The lowest BCUT2D eigenvalue weighted by Gasteiger charge is -2.19. The van der Waals surface area contributed by atoms with Gasteiger partial charge in [0.15, 0.2) is 0 Å². The van der Waals surface area contributed by atoms with E-state index in [1.54, 1.807) is 25.1 Å². The van der Waals surface area contributed by atoms with Crippen LogP contribution >= 0.6 is 23.2 Å². The molecule has 104 valence electrons. The minimum Gasteiger partial charge on any atom is -0.468 e. The summed E-state index contributed by atoms with van der Waals surface area (Å²) in [5.41, 5.74) is 0.680. The molecule has 4 nitrogen and oxygen atoms in total. The van der Waals surface area contributed by atoms with Crippen LogP contribution in [0.5, 0.6) is 0 Å². The summed E-state index contributed by atoms with van der Waals surface area (Å²) in [4.78, 5) is 24.7. The van der Waals surface area contributed by atoms with Crippen molar-refractivity contribution in [3.05, 3.63) is 33.8 Å². The molecule has 0 aromatic heterocycles. The van der Waals surface area contributed by atoms with Crippen LogP contribution in [-0.4, -0.2) is 37.0 Å². The monoisotopic (exact) mass is 303 g/mol. The van der Waals surface area contributed by atoms with Crippen LogP contribution in [0.25, 0.3) is 0 Å². The normalized spacial score (nSPS) is 10.1. The van der Waals surface area contributed by atoms with Crippen LogP contribution in [0.4, 0.5) is 0 Å². The number of carbonyl (C=O) groups excluding carboxylic acids is 2. The fourth-order valence-electron chi connectivity index (χ4n) is 1.54. The summed E-state index contributed by atoms with van der Waals surface area (Å²) in [6, 6.07) is 4.96. The van der Waals surface area contributed by atoms with Gasteiger partial charge in [0, 0.05) is 16.6 Å². The van der Waals surface area contributed by atoms with Gasteiger partial charge in [0.25, 0.3) is 0 Å². The summed E-state index contributed by atoms with van der Waals surface area (Å²) >= 11 is 11.8. The number of ether oxygens (including phenoxy) is 1. The zero-order valence-corrected chi connectivity index (χ0v) is 12.3. The number of halogens is 2. The molecule has 0 aliphatic heterocycles. The van der Waals surface area contributed by atoms with Crippen LogP contribution < -0.4 is 0 Å². The van der Waals surface area contributed by atoms with Crippen molar-refractivity contribution in [2.45, 2.75) is 13.3 Å². The first-order chi connectivity index (χ1) is 8.97. The summed E-state index contributed by atoms with van der Waals surface area (Å²) in [5, 5.41) is 0.957. The van der Waals surface area contributed by atoms with E-state index < -0.39 is 5.97 Å². The predicted molar refractivity (Wildman–Crippen MR) is 74.4 cm³/mol. The highest BCUT2D eigenvalue weighted by Crippen LogP contribution is 2.21. The van der Waals surface area contributed by atoms with Gasteiger partial charge in [-0.05, 0) is 24.6 Å². The highest BCUT2D eigenvalue weighted by Gasteiger charge is 2.17. The van der Waals surface area contributed by atoms with E-state index in [0.717, 1.165) is 0 Å². The van der Waals surface area contributed by atoms with Crippen molar-refractivity contribution < 1.29 is 14.3 Å². The molecule has 0 fully saturated rings. The van der Waals surface area contributed by atoms with Gasteiger partial charge < -0.3 is 9.64 Å². The average Bonchev–Trinajstić information content (AvgIpc) is 2.38. The number of esters is 1. The average molecular weight is 304 g/mol. The molecule has 0 saturated carbocycles. The lowest BCUT2D eigenvalue weighted by molar-refractivity contribution is -0.146. The second-order valence-corrected chi connectivity index (χ2v) is 4.74. The van der Waals surface area contributed by atoms with Crippen LogP contribution in [0, 0.1) is 0 Å². The first kappa shape index (κ1) is 15.8. The molecule has 0 heterocycles. The van der Waals surface area contributed by atoms with Gasteiger partial charge >= 0.3 is 5.97 Å². The molecule has 1 rings (SSSR count). The molecule has 1 aromatic carbocycles. The van der Waals surface area contributed by atoms with Crippen LogP contribution in [0.15, 0.2) is 18.2 Å². The van der Waals surface area contributed by atoms with E-state index in [2.05, 4.69) is 4.74 Å². The van der Waals surface area contributed by atoms with E-state index in [1.165, 1.54) is 12.0 Å². The summed E-state index contributed by atoms with van der Waals surface area (Å²) in [5.74, 6) is -0.630. The predicted octanol–water partition coefficient (Wildman–Crippen LogP) is 2.56. The van der Waals surface area contributed by atoms with Gasteiger partial charge in [0.05, 0.1) is 13.5 Å². The van der Waals surface area contributed by atoms with E-state index in [4.69, 9.17) is 23.2 Å². The number of rotatable bonds is 5. The molecule has 0 bridgehead atoms. The smallest absolute Gasteiger partial charge is 0.325 e. The maximum atomic E-state index is 12.1. The molecule has 0 spiro atoms. The molecule has 1 amide bonds. The molecule has 0 saturated heterocycles.